The number of piperazine rings is 1. The van der Waals surface area contributed by atoms with Gasteiger partial charge in [0.15, 0.2) is 0 Å². The third-order valence-corrected chi connectivity index (χ3v) is 4.44. The van der Waals surface area contributed by atoms with Crippen molar-refractivity contribution in [3.8, 4) is 0 Å². The second kappa shape index (κ2) is 7.32. The van der Waals surface area contributed by atoms with E-state index in [0.29, 0.717) is 5.56 Å². The molecule has 0 radical (unpaired) electrons. The fourth-order valence-corrected chi connectivity index (χ4v) is 3.35. The molecule has 1 aromatic carbocycles. The molecule has 21 heavy (non-hydrogen) atoms. The van der Waals surface area contributed by atoms with Crippen molar-refractivity contribution in [2.75, 3.05) is 26.2 Å². The zero-order valence-electron chi connectivity index (χ0n) is 13.3. The molecule has 0 bridgehead atoms. The smallest absolute Gasteiger partial charge is 0.133 e. The molecule has 1 aliphatic rings. The molecule has 1 unspecified atom stereocenters. The molecule has 118 valence electrons. The molecule has 1 fully saturated rings. The normalized spacial score (nSPS) is 19.5. The fraction of sp³-hybridized carbons (Fsp3) is 0.647. The highest BCUT2D eigenvalue weighted by Crippen LogP contribution is 2.35. The number of aryl methyl sites for hydroxylation is 1. The van der Waals surface area contributed by atoms with Crippen LogP contribution in [0.4, 0.5) is 8.78 Å². The van der Waals surface area contributed by atoms with Gasteiger partial charge in [0.2, 0.25) is 0 Å². The van der Waals surface area contributed by atoms with Crippen molar-refractivity contribution in [2.24, 2.45) is 5.92 Å². The first-order chi connectivity index (χ1) is 10.1. The highest BCUT2D eigenvalue weighted by Gasteiger charge is 2.31. The lowest BCUT2D eigenvalue weighted by molar-refractivity contribution is 0.119. The second-order valence-corrected chi connectivity index (χ2v) is 6.09. The molecule has 0 saturated carbocycles. The van der Waals surface area contributed by atoms with E-state index in [0.717, 1.165) is 39.0 Å². The summed E-state index contributed by atoms with van der Waals surface area (Å²) in [6.45, 7) is 9.37. The predicted octanol–water partition coefficient (Wildman–Crippen LogP) is 3.66. The number of hydrogen-bond donors (Lipinski definition) is 1. The minimum absolute atomic E-state index is 0.174. The average Bonchev–Trinajstić information content (AvgIpc) is 2.48. The summed E-state index contributed by atoms with van der Waals surface area (Å²) in [4.78, 5) is 2.23. The van der Waals surface area contributed by atoms with Crippen LogP contribution in [0, 0.1) is 24.5 Å². The maximum absolute atomic E-state index is 14.6. The van der Waals surface area contributed by atoms with E-state index in [4.69, 9.17) is 0 Å². The summed E-state index contributed by atoms with van der Waals surface area (Å²) in [5.41, 5.74) is 0.785. The van der Waals surface area contributed by atoms with Gasteiger partial charge in [-0.3, -0.25) is 4.90 Å². The first kappa shape index (κ1) is 16.4. The summed E-state index contributed by atoms with van der Waals surface area (Å²) in [6, 6.07) is 2.75. The van der Waals surface area contributed by atoms with Crippen molar-refractivity contribution < 1.29 is 8.78 Å². The highest BCUT2D eigenvalue weighted by molar-refractivity contribution is 5.30. The van der Waals surface area contributed by atoms with Gasteiger partial charge in [0.05, 0.1) is 0 Å². The van der Waals surface area contributed by atoms with E-state index in [2.05, 4.69) is 24.1 Å². The molecule has 0 aliphatic carbocycles. The maximum Gasteiger partial charge on any atom is 0.133 e. The number of halogens is 2. The van der Waals surface area contributed by atoms with Crippen LogP contribution < -0.4 is 5.32 Å². The molecule has 0 aromatic heterocycles. The SMILES string of the molecule is CCCC(C)[C@H](c1c(F)ccc(C)c1F)N1CCNCC1. The van der Waals surface area contributed by atoms with E-state index >= 15 is 0 Å². The van der Waals surface area contributed by atoms with E-state index < -0.39 is 5.82 Å². The van der Waals surface area contributed by atoms with Crippen molar-refractivity contribution in [3.05, 3.63) is 34.9 Å². The molecule has 0 spiro atoms. The Morgan fingerprint density at radius 3 is 2.52 bits per heavy atom. The number of hydrogen-bond acceptors (Lipinski definition) is 2. The molecule has 1 aliphatic heterocycles. The molecule has 2 nitrogen and oxygen atoms in total. The Balaban J connectivity index is 2.41. The van der Waals surface area contributed by atoms with Gasteiger partial charge in [-0.05, 0) is 30.9 Å². The van der Waals surface area contributed by atoms with Gasteiger partial charge >= 0.3 is 0 Å². The van der Waals surface area contributed by atoms with Crippen LogP contribution in [0.3, 0.4) is 0 Å². The number of benzene rings is 1. The van der Waals surface area contributed by atoms with Crippen molar-refractivity contribution in [1.29, 1.82) is 0 Å². The lowest BCUT2D eigenvalue weighted by Gasteiger charge is -2.39. The van der Waals surface area contributed by atoms with E-state index in [1.165, 1.54) is 12.1 Å². The molecule has 4 heteroatoms. The third-order valence-electron chi connectivity index (χ3n) is 4.44. The van der Waals surface area contributed by atoms with Gasteiger partial charge in [0.1, 0.15) is 11.6 Å². The summed E-state index contributed by atoms with van der Waals surface area (Å²) in [6.07, 6.45) is 2.00. The summed E-state index contributed by atoms with van der Waals surface area (Å²) < 4.78 is 28.9. The van der Waals surface area contributed by atoms with E-state index in [-0.39, 0.29) is 23.3 Å². The Bertz CT molecular complexity index is 470. The second-order valence-electron chi connectivity index (χ2n) is 6.09. The van der Waals surface area contributed by atoms with Crippen LogP contribution in [-0.4, -0.2) is 31.1 Å². The zero-order chi connectivity index (χ0) is 15.4. The van der Waals surface area contributed by atoms with Crippen molar-refractivity contribution >= 4 is 0 Å². The van der Waals surface area contributed by atoms with Crippen LogP contribution >= 0.6 is 0 Å². The first-order valence-corrected chi connectivity index (χ1v) is 7.95. The van der Waals surface area contributed by atoms with Crippen LogP contribution in [0.2, 0.25) is 0 Å². The number of rotatable bonds is 5. The fourth-order valence-electron chi connectivity index (χ4n) is 3.35. The molecular formula is C17H26F2N2. The van der Waals surface area contributed by atoms with Crippen LogP contribution in [0.15, 0.2) is 12.1 Å². The quantitative estimate of drug-likeness (QED) is 0.892. The van der Waals surface area contributed by atoms with Gasteiger partial charge in [-0.25, -0.2) is 8.78 Å². The van der Waals surface area contributed by atoms with Crippen molar-refractivity contribution in [2.45, 2.75) is 39.7 Å². The standard InChI is InChI=1S/C17H26F2N2/c1-4-5-13(3)17(21-10-8-20-9-11-21)15-14(18)7-6-12(2)16(15)19/h6-7,13,17,20H,4-5,8-11H2,1-3H3/t13?,17-/m1/s1. The molecular weight excluding hydrogens is 270 g/mol. The van der Waals surface area contributed by atoms with Gasteiger partial charge in [-0.15, -0.1) is 0 Å². The van der Waals surface area contributed by atoms with Crippen LogP contribution in [0.5, 0.6) is 0 Å². The average molecular weight is 296 g/mol. The monoisotopic (exact) mass is 296 g/mol. The zero-order valence-corrected chi connectivity index (χ0v) is 13.3. The van der Waals surface area contributed by atoms with Gasteiger partial charge < -0.3 is 5.32 Å². The Labute approximate surface area is 126 Å². The van der Waals surface area contributed by atoms with Crippen LogP contribution in [0.1, 0.15) is 43.9 Å². The Kier molecular flexibility index (Phi) is 5.71. The Morgan fingerprint density at radius 1 is 1.24 bits per heavy atom. The lowest BCUT2D eigenvalue weighted by atomic mass is 9.87. The van der Waals surface area contributed by atoms with Crippen molar-refractivity contribution in [1.82, 2.24) is 10.2 Å². The maximum atomic E-state index is 14.6. The lowest BCUT2D eigenvalue weighted by Crippen LogP contribution is -2.47. The predicted molar refractivity (Wildman–Crippen MR) is 82.4 cm³/mol. The molecule has 0 amide bonds. The third kappa shape index (κ3) is 3.61. The highest BCUT2D eigenvalue weighted by atomic mass is 19.1. The Hall–Kier alpha value is -1.00. The van der Waals surface area contributed by atoms with Crippen molar-refractivity contribution in [3.63, 3.8) is 0 Å². The summed E-state index contributed by atoms with van der Waals surface area (Å²) in [5.74, 6) is -0.551. The molecule has 2 rings (SSSR count). The topological polar surface area (TPSA) is 15.3 Å². The molecule has 1 saturated heterocycles. The Morgan fingerprint density at radius 2 is 1.90 bits per heavy atom. The minimum Gasteiger partial charge on any atom is -0.314 e. The van der Waals surface area contributed by atoms with Gasteiger partial charge in [-0.2, -0.15) is 0 Å². The molecule has 2 atom stereocenters. The first-order valence-electron chi connectivity index (χ1n) is 7.95. The number of nitrogens with one attached hydrogen (secondary N) is 1. The van der Waals surface area contributed by atoms with Gasteiger partial charge in [0, 0.05) is 37.8 Å². The molecule has 1 heterocycles. The largest absolute Gasteiger partial charge is 0.314 e. The van der Waals surface area contributed by atoms with Crippen LogP contribution in [-0.2, 0) is 0 Å². The van der Waals surface area contributed by atoms with Crippen LogP contribution in [0.25, 0.3) is 0 Å². The minimum atomic E-state index is -0.412. The number of nitrogens with zero attached hydrogens (tertiary/aromatic N) is 1. The van der Waals surface area contributed by atoms with E-state index in [1.807, 2.05) is 0 Å². The van der Waals surface area contributed by atoms with Gasteiger partial charge in [-0.1, -0.05) is 26.3 Å². The van der Waals surface area contributed by atoms with E-state index in [1.54, 1.807) is 6.92 Å². The molecule has 1 N–H and O–H groups in total. The molecule has 1 aromatic rings. The summed E-state index contributed by atoms with van der Waals surface area (Å²) in [7, 11) is 0. The van der Waals surface area contributed by atoms with E-state index in [9.17, 15) is 8.78 Å². The summed E-state index contributed by atoms with van der Waals surface area (Å²) in [5, 5.41) is 3.30. The summed E-state index contributed by atoms with van der Waals surface area (Å²) >= 11 is 0. The van der Waals surface area contributed by atoms with Gasteiger partial charge in [0.25, 0.3) is 0 Å².